The van der Waals surface area contributed by atoms with Gasteiger partial charge in [-0.3, -0.25) is 0 Å². The Hall–Kier alpha value is -2.12. The lowest BCUT2D eigenvalue weighted by molar-refractivity contribution is 0.289. The van der Waals surface area contributed by atoms with E-state index in [4.69, 9.17) is 14.0 Å². The van der Waals surface area contributed by atoms with Gasteiger partial charge in [0.05, 0.1) is 19.4 Å². The zero-order chi connectivity index (χ0) is 20.2. The van der Waals surface area contributed by atoms with Crippen molar-refractivity contribution in [3.8, 4) is 11.5 Å². The Morgan fingerprint density at radius 1 is 1.21 bits per heavy atom. The third-order valence-corrected chi connectivity index (χ3v) is 5.84. The van der Waals surface area contributed by atoms with E-state index in [1.807, 2.05) is 18.2 Å². The van der Waals surface area contributed by atoms with Gasteiger partial charge in [-0.2, -0.15) is 0 Å². The van der Waals surface area contributed by atoms with Crippen LogP contribution in [0.15, 0.2) is 39.3 Å². The van der Waals surface area contributed by atoms with Gasteiger partial charge in [-0.15, -0.1) is 0 Å². The molecule has 0 radical (unpaired) electrons. The molecule has 2 heterocycles. The van der Waals surface area contributed by atoms with Crippen molar-refractivity contribution in [2.24, 2.45) is 0 Å². The number of halogens is 2. The van der Waals surface area contributed by atoms with E-state index in [2.05, 4.69) is 26.4 Å². The molecule has 0 amide bonds. The molecule has 1 saturated heterocycles. The summed E-state index contributed by atoms with van der Waals surface area (Å²) < 4.78 is 31.8. The number of piperidine rings is 1. The SMILES string of the molecule is COc1cc(Br)ccc1OCCCc1cc(F)cc2onc(C3CCNCC3)c12. The van der Waals surface area contributed by atoms with E-state index in [1.54, 1.807) is 13.2 Å². The molecule has 29 heavy (non-hydrogen) atoms. The molecule has 1 fully saturated rings. The number of aromatic nitrogens is 1. The number of nitrogens with zero attached hydrogens (tertiary/aromatic N) is 1. The molecule has 1 aliphatic heterocycles. The first-order chi connectivity index (χ1) is 14.2. The van der Waals surface area contributed by atoms with Gasteiger partial charge in [0.1, 0.15) is 5.82 Å². The van der Waals surface area contributed by atoms with Crippen LogP contribution < -0.4 is 14.8 Å². The Kier molecular flexibility index (Phi) is 6.35. The van der Waals surface area contributed by atoms with Crippen LogP contribution in [0.25, 0.3) is 11.0 Å². The largest absolute Gasteiger partial charge is 0.493 e. The van der Waals surface area contributed by atoms with Crippen molar-refractivity contribution in [3.05, 3.63) is 51.9 Å². The van der Waals surface area contributed by atoms with Crippen molar-refractivity contribution in [2.45, 2.75) is 31.6 Å². The molecule has 1 aromatic heterocycles. The molecule has 3 aromatic rings. The fourth-order valence-corrected chi connectivity index (χ4v) is 4.26. The maximum atomic E-state index is 14.1. The predicted octanol–water partition coefficient (Wildman–Crippen LogP) is 5.22. The highest BCUT2D eigenvalue weighted by Crippen LogP contribution is 2.34. The summed E-state index contributed by atoms with van der Waals surface area (Å²) in [5, 5.41) is 8.65. The van der Waals surface area contributed by atoms with Gasteiger partial charge in [-0.1, -0.05) is 21.1 Å². The molecule has 7 heteroatoms. The Balaban J connectivity index is 1.48. The van der Waals surface area contributed by atoms with Crippen LogP contribution in [0.5, 0.6) is 11.5 Å². The van der Waals surface area contributed by atoms with Gasteiger partial charge in [0.25, 0.3) is 0 Å². The first-order valence-electron chi connectivity index (χ1n) is 9.90. The van der Waals surface area contributed by atoms with Crippen LogP contribution in [0.1, 0.15) is 36.4 Å². The number of hydrogen-bond donors (Lipinski definition) is 1. The van der Waals surface area contributed by atoms with Gasteiger partial charge in [-0.05, 0) is 68.6 Å². The number of hydrogen-bond acceptors (Lipinski definition) is 5. The summed E-state index contributed by atoms with van der Waals surface area (Å²) in [4.78, 5) is 0. The second-order valence-electron chi connectivity index (χ2n) is 7.28. The van der Waals surface area contributed by atoms with Crippen molar-refractivity contribution in [1.82, 2.24) is 10.5 Å². The fourth-order valence-electron chi connectivity index (χ4n) is 3.92. The number of rotatable bonds is 7. The lowest BCUT2D eigenvalue weighted by Crippen LogP contribution is -2.26. The van der Waals surface area contributed by atoms with Crippen molar-refractivity contribution in [3.63, 3.8) is 0 Å². The first kappa shape index (κ1) is 20.2. The summed E-state index contributed by atoms with van der Waals surface area (Å²) in [7, 11) is 1.62. The molecule has 5 nitrogen and oxygen atoms in total. The van der Waals surface area contributed by atoms with Crippen molar-refractivity contribution in [1.29, 1.82) is 0 Å². The van der Waals surface area contributed by atoms with E-state index < -0.39 is 0 Å². The van der Waals surface area contributed by atoms with E-state index in [9.17, 15) is 4.39 Å². The number of aryl methyl sites for hydroxylation is 1. The number of nitrogens with one attached hydrogen (secondary N) is 1. The smallest absolute Gasteiger partial charge is 0.170 e. The Morgan fingerprint density at radius 3 is 2.83 bits per heavy atom. The van der Waals surface area contributed by atoms with Gasteiger partial charge in [0.15, 0.2) is 17.1 Å². The highest BCUT2D eigenvalue weighted by atomic mass is 79.9. The van der Waals surface area contributed by atoms with Gasteiger partial charge < -0.3 is 19.3 Å². The summed E-state index contributed by atoms with van der Waals surface area (Å²) in [6, 6.07) is 8.69. The van der Waals surface area contributed by atoms with Crippen LogP contribution >= 0.6 is 15.9 Å². The highest BCUT2D eigenvalue weighted by molar-refractivity contribution is 9.10. The minimum atomic E-state index is -0.295. The molecule has 0 bridgehead atoms. The lowest BCUT2D eigenvalue weighted by atomic mass is 9.90. The van der Waals surface area contributed by atoms with Gasteiger partial charge in [0.2, 0.25) is 0 Å². The monoisotopic (exact) mass is 462 g/mol. The number of methoxy groups -OCH3 is 1. The van der Waals surface area contributed by atoms with Crippen molar-refractivity contribution in [2.75, 3.05) is 26.8 Å². The lowest BCUT2D eigenvalue weighted by Gasteiger charge is -2.21. The van der Waals surface area contributed by atoms with Crippen LogP contribution in [0.2, 0.25) is 0 Å². The van der Waals surface area contributed by atoms with Gasteiger partial charge >= 0.3 is 0 Å². The molecule has 0 aliphatic carbocycles. The van der Waals surface area contributed by atoms with Crippen LogP contribution in [-0.4, -0.2) is 32.0 Å². The van der Waals surface area contributed by atoms with Gasteiger partial charge in [0, 0.05) is 21.8 Å². The molecule has 1 N–H and O–H groups in total. The minimum Gasteiger partial charge on any atom is -0.493 e. The molecular weight excluding hydrogens is 439 g/mol. The minimum absolute atomic E-state index is 0.295. The molecular formula is C22H24BrFN2O3. The molecule has 0 spiro atoms. The van der Waals surface area contributed by atoms with Crippen LogP contribution in [0, 0.1) is 5.82 Å². The predicted molar refractivity (Wildman–Crippen MR) is 113 cm³/mol. The summed E-state index contributed by atoms with van der Waals surface area (Å²) in [6.45, 7) is 2.45. The number of fused-ring (bicyclic) bond motifs is 1. The summed E-state index contributed by atoms with van der Waals surface area (Å²) >= 11 is 3.43. The maximum Gasteiger partial charge on any atom is 0.170 e. The third-order valence-electron chi connectivity index (χ3n) is 5.35. The van der Waals surface area contributed by atoms with Gasteiger partial charge in [-0.25, -0.2) is 4.39 Å². The number of ether oxygens (including phenoxy) is 2. The zero-order valence-electron chi connectivity index (χ0n) is 16.3. The van der Waals surface area contributed by atoms with Crippen molar-refractivity contribution < 1.29 is 18.4 Å². The first-order valence-corrected chi connectivity index (χ1v) is 10.7. The molecule has 2 aromatic carbocycles. The van der Waals surface area contributed by atoms with E-state index >= 15 is 0 Å². The summed E-state index contributed by atoms with van der Waals surface area (Å²) in [5.74, 6) is 1.43. The van der Waals surface area contributed by atoms with E-state index in [1.165, 1.54) is 6.07 Å². The Morgan fingerprint density at radius 2 is 2.03 bits per heavy atom. The normalized spacial score (nSPS) is 15.0. The molecule has 0 atom stereocenters. The van der Waals surface area contributed by atoms with E-state index in [-0.39, 0.29) is 5.82 Å². The molecule has 0 saturated carbocycles. The average molecular weight is 463 g/mol. The van der Waals surface area contributed by atoms with Crippen molar-refractivity contribution >= 4 is 26.9 Å². The summed E-state index contributed by atoms with van der Waals surface area (Å²) in [6.07, 6.45) is 3.47. The third kappa shape index (κ3) is 4.56. The molecule has 1 aliphatic rings. The standard InChI is InChI=1S/C22H24BrFN2O3/c1-27-19-12-16(23)4-5-18(19)28-10-2-3-15-11-17(24)13-20-21(15)22(26-29-20)14-6-8-25-9-7-14/h4-5,11-14,25H,2-3,6-10H2,1H3. The molecule has 0 unspecified atom stereocenters. The number of benzene rings is 2. The highest BCUT2D eigenvalue weighted by Gasteiger charge is 2.23. The second-order valence-corrected chi connectivity index (χ2v) is 8.19. The van der Waals surface area contributed by atoms with Crippen LogP contribution in [0.4, 0.5) is 4.39 Å². The Labute approximate surface area is 177 Å². The topological polar surface area (TPSA) is 56.5 Å². The molecule has 4 rings (SSSR count). The van der Waals surface area contributed by atoms with E-state index in [0.717, 1.165) is 53.5 Å². The maximum absolute atomic E-state index is 14.1. The van der Waals surface area contributed by atoms with Crippen LogP contribution in [-0.2, 0) is 6.42 Å². The van der Waals surface area contributed by atoms with Crippen LogP contribution in [0.3, 0.4) is 0 Å². The average Bonchev–Trinajstić information content (AvgIpc) is 3.16. The zero-order valence-corrected chi connectivity index (χ0v) is 17.9. The fraction of sp³-hybridized carbons (Fsp3) is 0.409. The quantitative estimate of drug-likeness (QED) is 0.488. The second kappa shape index (κ2) is 9.13. The summed E-state index contributed by atoms with van der Waals surface area (Å²) in [5.41, 5.74) is 2.43. The van der Waals surface area contributed by atoms with E-state index in [0.29, 0.717) is 36.0 Å². The molecule has 154 valence electrons. The Bertz CT molecular complexity index is 986.